The van der Waals surface area contributed by atoms with E-state index in [9.17, 15) is 10.1 Å². The average molecular weight is 319 g/mol. The predicted octanol–water partition coefficient (Wildman–Crippen LogP) is 3.62. The van der Waals surface area contributed by atoms with E-state index in [1.807, 2.05) is 49.4 Å². The number of hydrogen-bond acceptors (Lipinski definition) is 3. The lowest BCUT2D eigenvalue weighted by atomic mass is 9.91. The fourth-order valence-corrected chi connectivity index (χ4v) is 3.49. The van der Waals surface area contributed by atoms with Crippen molar-refractivity contribution in [3.63, 3.8) is 0 Å². The average Bonchev–Trinajstić information content (AvgIpc) is 2.95. The molecule has 1 amide bonds. The molecule has 0 bridgehead atoms. The third-order valence-corrected chi connectivity index (χ3v) is 4.56. The van der Waals surface area contributed by atoms with Crippen LogP contribution in [0.1, 0.15) is 47.3 Å². The van der Waals surface area contributed by atoms with Crippen molar-refractivity contribution in [3.05, 3.63) is 65.2 Å². The van der Waals surface area contributed by atoms with Gasteiger partial charge >= 0.3 is 0 Å². The van der Waals surface area contributed by atoms with Crippen molar-refractivity contribution in [2.45, 2.75) is 25.8 Å². The van der Waals surface area contributed by atoms with Gasteiger partial charge in [0.15, 0.2) is 0 Å². The van der Waals surface area contributed by atoms with Crippen LogP contribution in [0.3, 0.4) is 0 Å². The molecule has 0 spiro atoms. The Morgan fingerprint density at radius 3 is 2.50 bits per heavy atom. The third kappa shape index (κ3) is 2.63. The van der Waals surface area contributed by atoms with Crippen molar-refractivity contribution in [1.29, 1.82) is 5.26 Å². The molecular formula is C20H21N3O. The van der Waals surface area contributed by atoms with Gasteiger partial charge in [-0.1, -0.05) is 30.3 Å². The molecule has 0 aliphatic carbocycles. The van der Waals surface area contributed by atoms with Gasteiger partial charge in [-0.15, -0.1) is 0 Å². The minimum Gasteiger partial charge on any atom is -0.363 e. The highest BCUT2D eigenvalue weighted by molar-refractivity contribution is 5.94. The van der Waals surface area contributed by atoms with Gasteiger partial charge in [0.2, 0.25) is 0 Å². The third-order valence-electron chi connectivity index (χ3n) is 4.56. The van der Waals surface area contributed by atoms with E-state index in [0.717, 1.165) is 23.4 Å². The molecule has 0 aromatic heterocycles. The number of carbonyl (C=O) groups is 1. The van der Waals surface area contributed by atoms with E-state index in [1.165, 1.54) is 0 Å². The molecule has 24 heavy (non-hydrogen) atoms. The molecule has 0 radical (unpaired) electrons. The van der Waals surface area contributed by atoms with Crippen molar-refractivity contribution in [3.8, 4) is 6.07 Å². The number of hydrogen-bond donors (Lipinski definition) is 1. The van der Waals surface area contributed by atoms with E-state index in [0.29, 0.717) is 12.1 Å². The normalized spacial score (nSPS) is 18.8. The Labute approximate surface area is 142 Å². The van der Waals surface area contributed by atoms with Gasteiger partial charge < -0.3 is 10.2 Å². The van der Waals surface area contributed by atoms with Gasteiger partial charge in [-0.05, 0) is 43.2 Å². The van der Waals surface area contributed by atoms with Crippen LogP contribution in [0.25, 0.3) is 0 Å². The Morgan fingerprint density at radius 1 is 1.17 bits per heavy atom. The molecule has 2 atom stereocenters. The first-order chi connectivity index (χ1) is 11.7. The van der Waals surface area contributed by atoms with Gasteiger partial charge in [0.1, 0.15) is 0 Å². The maximum atomic E-state index is 11.9. The van der Waals surface area contributed by atoms with E-state index in [4.69, 9.17) is 0 Å². The molecule has 3 rings (SSSR count). The van der Waals surface area contributed by atoms with Crippen LogP contribution in [-0.4, -0.2) is 19.0 Å². The van der Waals surface area contributed by atoms with Crippen molar-refractivity contribution in [2.24, 2.45) is 0 Å². The maximum Gasteiger partial charge on any atom is 0.251 e. The number of nitriles is 1. The van der Waals surface area contributed by atoms with Gasteiger partial charge in [0.05, 0.1) is 18.0 Å². The SMILES string of the molecule is CCNC(=O)c1ccc(C2C(C#N)c3ccccc3N2CC)cc1. The maximum absolute atomic E-state index is 11.9. The number of nitrogens with zero attached hydrogens (tertiary/aromatic N) is 2. The van der Waals surface area contributed by atoms with Crippen LogP contribution in [0.15, 0.2) is 48.5 Å². The van der Waals surface area contributed by atoms with Crippen LogP contribution >= 0.6 is 0 Å². The number of para-hydroxylation sites is 1. The number of carbonyl (C=O) groups excluding carboxylic acids is 1. The summed E-state index contributed by atoms with van der Waals surface area (Å²) in [6, 6.07) is 18.2. The second kappa shape index (κ2) is 6.76. The summed E-state index contributed by atoms with van der Waals surface area (Å²) in [5, 5.41) is 12.5. The summed E-state index contributed by atoms with van der Waals surface area (Å²) in [5.74, 6) is -0.264. The molecule has 2 aromatic rings. The molecule has 1 aliphatic heterocycles. The zero-order valence-corrected chi connectivity index (χ0v) is 14.0. The fourth-order valence-electron chi connectivity index (χ4n) is 3.49. The van der Waals surface area contributed by atoms with E-state index in [1.54, 1.807) is 0 Å². The van der Waals surface area contributed by atoms with Crippen LogP contribution in [0.2, 0.25) is 0 Å². The van der Waals surface area contributed by atoms with Gasteiger partial charge in [-0.25, -0.2) is 0 Å². The van der Waals surface area contributed by atoms with E-state index in [2.05, 4.69) is 29.3 Å². The molecule has 2 unspecified atom stereocenters. The molecule has 1 N–H and O–H groups in total. The summed E-state index contributed by atoms with van der Waals surface area (Å²) >= 11 is 0. The lowest BCUT2D eigenvalue weighted by Gasteiger charge is -2.28. The lowest BCUT2D eigenvalue weighted by molar-refractivity contribution is 0.0956. The summed E-state index contributed by atoms with van der Waals surface area (Å²) < 4.78 is 0. The predicted molar refractivity (Wildman–Crippen MR) is 95.0 cm³/mol. The Hall–Kier alpha value is -2.80. The number of fused-ring (bicyclic) bond motifs is 1. The zero-order chi connectivity index (χ0) is 17.1. The minimum absolute atomic E-state index is 0.0133. The Kier molecular flexibility index (Phi) is 4.52. The number of amides is 1. The molecule has 0 fully saturated rings. The monoisotopic (exact) mass is 319 g/mol. The van der Waals surface area contributed by atoms with Crippen molar-refractivity contribution < 1.29 is 4.79 Å². The molecular weight excluding hydrogens is 298 g/mol. The highest BCUT2D eigenvalue weighted by Gasteiger charge is 2.38. The molecule has 1 aliphatic rings. The van der Waals surface area contributed by atoms with Gasteiger partial charge in [-0.3, -0.25) is 4.79 Å². The fraction of sp³-hybridized carbons (Fsp3) is 0.300. The molecule has 0 saturated carbocycles. The zero-order valence-electron chi connectivity index (χ0n) is 14.0. The largest absolute Gasteiger partial charge is 0.363 e. The summed E-state index contributed by atoms with van der Waals surface area (Å²) in [6.07, 6.45) is 0. The number of anilines is 1. The number of nitrogens with one attached hydrogen (secondary N) is 1. The van der Waals surface area contributed by atoms with Gasteiger partial charge in [0, 0.05) is 24.3 Å². The van der Waals surface area contributed by atoms with Crippen LogP contribution in [0, 0.1) is 11.3 Å². The Morgan fingerprint density at radius 2 is 1.88 bits per heavy atom. The first kappa shape index (κ1) is 16.1. The first-order valence-electron chi connectivity index (χ1n) is 8.34. The standard InChI is InChI=1S/C20H21N3O/c1-3-22-20(24)15-11-9-14(10-12-15)19-17(13-21)16-7-5-6-8-18(16)23(19)4-2/h5-12,17,19H,3-4H2,1-2H3,(H,22,24). The summed E-state index contributed by atoms with van der Waals surface area (Å²) in [6.45, 7) is 5.45. The van der Waals surface area contributed by atoms with Crippen molar-refractivity contribution in [1.82, 2.24) is 5.32 Å². The van der Waals surface area contributed by atoms with E-state index < -0.39 is 0 Å². The molecule has 122 valence electrons. The highest BCUT2D eigenvalue weighted by atomic mass is 16.1. The Bertz CT molecular complexity index is 776. The summed E-state index contributed by atoms with van der Waals surface area (Å²) in [4.78, 5) is 14.2. The van der Waals surface area contributed by atoms with Crippen LogP contribution in [-0.2, 0) is 0 Å². The smallest absolute Gasteiger partial charge is 0.251 e. The summed E-state index contributed by atoms with van der Waals surface area (Å²) in [5.41, 5.74) is 3.92. The van der Waals surface area contributed by atoms with Crippen molar-refractivity contribution >= 4 is 11.6 Å². The number of rotatable bonds is 4. The molecule has 0 saturated heterocycles. The van der Waals surface area contributed by atoms with Gasteiger partial charge in [0.25, 0.3) is 5.91 Å². The van der Waals surface area contributed by atoms with E-state index in [-0.39, 0.29) is 17.9 Å². The second-order valence-corrected chi connectivity index (χ2v) is 5.88. The van der Waals surface area contributed by atoms with Gasteiger partial charge in [-0.2, -0.15) is 5.26 Å². The molecule has 4 nitrogen and oxygen atoms in total. The van der Waals surface area contributed by atoms with Crippen LogP contribution in [0.5, 0.6) is 0 Å². The van der Waals surface area contributed by atoms with Crippen molar-refractivity contribution in [2.75, 3.05) is 18.0 Å². The molecule has 1 heterocycles. The highest BCUT2D eigenvalue weighted by Crippen LogP contribution is 2.48. The molecule has 4 heteroatoms. The minimum atomic E-state index is -0.198. The summed E-state index contributed by atoms with van der Waals surface area (Å²) in [7, 11) is 0. The first-order valence-corrected chi connectivity index (χ1v) is 8.34. The molecule has 2 aromatic carbocycles. The topological polar surface area (TPSA) is 56.1 Å². The quantitative estimate of drug-likeness (QED) is 0.936. The van der Waals surface area contributed by atoms with Crippen LogP contribution < -0.4 is 10.2 Å². The number of benzene rings is 2. The Balaban J connectivity index is 1.96. The van der Waals surface area contributed by atoms with Crippen LogP contribution in [0.4, 0.5) is 5.69 Å². The van der Waals surface area contributed by atoms with E-state index >= 15 is 0 Å². The lowest BCUT2D eigenvalue weighted by Crippen LogP contribution is -2.26. The number of likely N-dealkylation sites (N-methyl/N-ethyl adjacent to an activating group) is 1. The second-order valence-electron chi connectivity index (χ2n) is 5.88.